The SMILES string of the molecule is CC1(C)CCC[C@]2(C)[C@H]3CC[C@@]4(C)c5cc(O)ccc5C[C@H]4[C@]3(C)CC[C@@H]12. The Bertz CT molecular complexity index is 778. The van der Waals surface area contributed by atoms with Crippen molar-refractivity contribution in [2.24, 2.45) is 34.0 Å². The van der Waals surface area contributed by atoms with Crippen molar-refractivity contribution >= 4 is 0 Å². The summed E-state index contributed by atoms with van der Waals surface area (Å²) in [5, 5.41) is 10.2. The van der Waals surface area contributed by atoms with E-state index in [1.165, 1.54) is 62.5 Å². The van der Waals surface area contributed by atoms with Crippen molar-refractivity contribution in [3.8, 4) is 5.75 Å². The second-order valence-corrected chi connectivity index (χ2v) is 12.1. The van der Waals surface area contributed by atoms with E-state index in [1.807, 2.05) is 6.07 Å². The molecule has 1 N–H and O–H groups in total. The molecule has 0 unspecified atom stereocenters. The molecule has 0 spiro atoms. The molecule has 5 rings (SSSR count). The monoisotopic (exact) mass is 366 g/mol. The lowest BCUT2D eigenvalue weighted by molar-refractivity contribution is -0.175. The van der Waals surface area contributed by atoms with E-state index in [2.05, 4.69) is 46.8 Å². The van der Waals surface area contributed by atoms with Gasteiger partial charge in [0.15, 0.2) is 0 Å². The third-order valence-corrected chi connectivity index (χ3v) is 10.5. The zero-order chi connectivity index (χ0) is 19.2. The van der Waals surface area contributed by atoms with E-state index < -0.39 is 0 Å². The van der Waals surface area contributed by atoms with Crippen LogP contribution in [0.2, 0.25) is 0 Å². The highest BCUT2D eigenvalue weighted by Crippen LogP contribution is 2.72. The Morgan fingerprint density at radius 3 is 2.30 bits per heavy atom. The Hall–Kier alpha value is -0.980. The fraction of sp³-hybridized carbons (Fsp3) is 0.769. The van der Waals surface area contributed by atoms with Crippen LogP contribution in [0.1, 0.15) is 90.7 Å². The Morgan fingerprint density at radius 2 is 1.52 bits per heavy atom. The van der Waals surface area contributed by atoms with Gasteiger partial charge in [0, 0.05) is 0 Å². The smallest absolute Gasteiger partial charge is 0.115 e. The number of benzene rings is 1. The summed E-state index contributed by atoms with van der Waals surface area (Å²) in [5.41, 5.74) is 4.71. The van der Waals surface area contributed by atoms with E-state index in [1.54, 1.807) is 0 Å². The van der Waals surface area contributed by atoms with Gasteiger partial charge in [0.1, 0.15) is 5.75 Å². The van der Waals surface area contributed by atoms with E-state index in [0.29, 0.717) is 22.0 Å². The van der Waals surface area contributed by atoms with Crippen LogP contribution in [-0.2, 0) is 11.8 Å². The van der Waals surface area contributed by atoms with E-state index in [0.717, 1.165) is 17.8 Å². The number of hydrogen-bond acceptors (Lipinski definition) is 1. The van der Waals surface area contributed by atoms with Crippen molar-refractivity contribution in [2.75, 3.05) is 0 Å². The van der Waals surface area contributed by atoms with Gasteiger partial charge in [0.2, 0.25) is 0 Å². The highest BCUT2D eigenvalue weighted by molar-refractivity contribution is 5.46. The first-order chi connectivity index (χ1) is 12.6. The molecule has 0 bridgehead atoms. The van der Waals surface area contributed by atoms with Crippen LogP contribution < -0.4 is 0 Å². The number of fused-ring (bicyclic) bond motifs is 7. The molecule has 4 aliphatic carbocycles. The summed E-state index contributed by atoms with van der Waals surface area (Å²) < 4.78 is 0. The minimum atomic E-state index is 0.257. The summed E-state index contributed by atoms with van der Waals surface area (Å²) in [7, 11) is 0. The molecular weight excluding hydrogens is 328 g/mol. The first-order valence-corrected chi connectivity index (χ1v) is 11.4. The molecule has 3 saturated carbocycles. The third-order valence-electron chi connectivity index (χ3n) is 10.5. The molecule has 0 radical (unpaired) electrons. The molecule has 1 heteroatoms. The fourth-order valence-electron chi connectivity index (χ4n) is 9.38. The van der Waals surface area contributed by atoms with E-state index >= 15 is 0 Å². The molecule has 4 aliphatic rings. The van der Waals surface area contributed by atoms with Gasteiger partial charge < -0.3 is 5.11 Å². The van der Waals surface area contributed by atoms with Crippen molar-refractivity contribution in [3.05, 3.63) is 29.3 Å². The van der Waals surface area contributed by atoms with Crippen LogP contribution in [0, 0.1) is 34.0 Å². The summed E-state index contributed by atoms with van der Waals surface area (Å²) >= 11 is 0. The molecule has 148 valence electrons. The first-order valence-electron chi connectivity index (χ1n) is 11.4. The van der Waals surface area contributed by atoms with Gasteiger partial charge in [-0.3, -0.25) is 0 Å². The summed E-state index contributed by atoms with van der Waals surface area (Å²) in [6.07, 6.45) is 11.0. The number of rotatable bonds is 0. The summed E-state index contributed by atoms with van der Waals surface area (Å²) in [6, 6.07) is 6.21. The predicted molar refractivity (Wildman–Crippen MR) is 112 cm³/mol. The Morgan fingerprint density at radius 1 is 0.815 bits per heavy atom. The minimum Gasteiger partial charge on any atom is -0.508 e. The normalized spacial score (nSPS) is 47.5. The van der Waals surface area contributed by atoms with Crippen LogP contribution >= 0.6 is 0 Å². The molecule has 3 fully saturated rings. The Kier molecular flexibility index (Phi) is 3.57. The van der Waals surface area contributed by atoms with E-state index in [9.17, 15) is 5.11 Å². The van der Waals surface area contributed by atoms with E-state index in [4.69, 9.17) is 0 Å². The summed E-state index contributed by atoms with van der Waals surface area (Å²) in [5.74, 6) is 2.95. The lowest BCUT2D eigenvalue weighted by atomic mass is 9.37. The standard InChI is InChI=1S/C26H38O/c1-23(2)11-6-12-25(4)20(23)9-14-26(5)21(25)10-13-24(3)19-16-18(27)8-7-17(19)15-22(24)26/h7-8,16,20-22,27H,6,9-15H2,1-5H3/t20-,21+,22+,24-,25-,26+/m0/s1. The van der Waals surface area contributed by atoms with Gasteiger partial charge >= 0.3 is 0 Å². The minimum absolute atomic E-state index is 0.257. The topological polar surface area (TPSA) is 20.2 Å². The quantitative estimate of drug-likeness (QED) is 0.531. The molecule has 27 heavy (non-hydrogen) atoms. The molecule has 6 atom stereocenters. The fourth-order valence-corrected chi connectivity index (χ4v) is 9.38. The Labute approximate surface area is 166 Å². The molecule has 1 nitrogen and oxygen atoms in total. The van der Waals surface area contributed by atoms with Gasteiger partial charge in [-0.05, 0) is 108 Å². The second kappa shape index (κ2) is 5.33. The molecule has 0 amide bonds. The maximum absolute atomic E-state index is 10.2. The van der Waals surface area contributed by atoms with Crippen LogP contribution in [-0.4, -0.2) is 5.11 Å². The average Bonchev–Trinajstić information content (AvgIpc) is 2.87. The zero-order valence-electron chi connectivity index (χ0n) is 18.1. The van der Waals surface area contributed by atoms with Gasteiger partial charge in [-0.1, -0.05) is 47.1 Å². The molecule has 0 aromatic heterocycles. The highest BCUT2D eigenvalue weighted by atomic mass is 16.3. The molecular formula is C26H38O. The number of aromatic hydroxyl groups is 1. The first kappa shape index (κ1) is 18.1. The van der Waals surface area contributed by atoms with Crippen LogP contribution in [0.25, 0.3) is 0 Å². The predicted octanol–water partition coefficient (Wildman–Crippen LogP) is 6.86. The number of hydrogen-bond donors (Lipinski definition) is 1. The van der Waals surface area contributed by atoms with Crippen molar-refractivity contribution in [1.82, 2.24) is 0 Å². The van der Waals surface area contributed by atoms with Gasteiger partial charge in [-0.25, -0.2) is 0 Å². The number of phenols is 1. The largest absolute Gasteiger partial charge is 0.508 e. The lowest BCUT2D eigenvalue weighted by Gasteiger charge is -2.67. The maximum Gasteiger partial charge on any atom is 0.115 e. The average molecular weight is 367 g/mol. The van der Waals surface area contributed by atoms with Crippen molar-refractivity contribution < 1.29 is 5.11 Å². The van der Waals surface area contributed by atoms with Gasteiger partial charge in [-0.2, -0.15) is 0 Å². The van der Waals surface area contributed by atoms with Gasteiger partial charge in [0.05, 0.1) is 0 Å². The molecule has 1 aromatic rings. The summed E-state index contributed by atoms with van der Waals surface area (Å²) in [4.78, 5) is 0. The zero-order valence-corrected chi connectivity index (χ0v) is 18.1. The highest BCUT2D eigenvalue weighted by Gasteiger charge is 2.65. The molecule has 1 aromatic carbocycles. The van der Waals surface area contributed by atoms with Crippen LogP contribution in [0.4, 0.5) is 0 Å². The van der Waals surface area contributed by atoms with Crippen LogP contribution in [0.5, 0.6) is 5.75 Å². The number of phenolic OH excluding ortho intramolecular Hbond substituents is 1. The second-order valence-electron chi connectivity index (χ2n) is 12.1. The molecule has 0 heterocycles. The van der Waals surface area contributed by atoms with E-state index in [-0.39, 0.29) is 5.41 Å². The molecule has 0 saturated heterocycles. The summed E-state index contributed by atoms with van der Waals surface area (Å²) in [6.45, 7) is 13.0. The molecule has 0 aliphatic heterocycles. The Balaban J connectivity index is 1.57. The maximum atomic E-state index is 10.2. The van der Waals surface area contributed by atoms with Crippen LogP contribution in [0.15, 0.2) is 18.2 Å². The van der Waals surface area contributed by atoms with Crippen molar-refractivity contribution in [3.63, 3.8) is 0 Å². The van der Waals surface area contributed by atoms with Gasteiger partial charge in [-0.15, -0.1) is 0 Å². The van der Waals surface area contributed by atoms with Crippen molar-refractivity contribution in [2.45, 2.75) is 91.4 Å². The van der Waals surface area contributed by atoms with Gasteiger partial charge in [0.25, 0.3) is 0 Å². The third kappa shape index (κ3) is 2.18. The lowest BCUT2D eigenvalue weighted by Crippen LogP contribution is -2.61. The van der Waals surface area contributed by atoms with Crippen LogP contribution in [0.3, 0.4) is 0 Å². The van der Waals surface area contributed by atoms with Crippen molar-refractivity contribution in [1.29, 1.82) is 0 Å².